The van der Waals surface area contributed by atoms with Crippen molar-refractivity contribution < 1.29 is 4.79 Å². The van der Waals surface area contributed by atoms with Gasteiger partial charge in [-0.05, 0) is 32.6 Å². The number of hydrogen-bond donors (Lipinski definition) is 1. The number of carbonyl (C=O) groups is 1. The lowest BCUT2D eigenvalue weighted by Gasteiger charge is -2.25. The average Bonchev–Trinajstić information content (AvgIpc) is 3.07. The zero-order valence-electron chi connectivity index (χ0n) is 12.8. The summed E-state index contributed by atoms with van der Waals surface area (Å²) in [4.78, 5) is 19.7. The number of aromatic nitrogens is 2. The summed E-state index contributed by atoms with van der Waals surface area (Å²) in [5, 5.41) is 3.39. The molecule has 1 saturated heterocycles. The second kappa shape index (κ2) is 5.13. The van der Waals surface area contributed by atoms with Gasteiger partial charge in [-0.1, -0.05) is 0 Å². The quantitative estimate of drug-likeness (QED) is 0.919. The van der Waals surface area contributed by atoms with Crippen molar-refractivity contribution in [3.8, 4) is 0 Å². The summed E-state index contributed by atoms with van der Waals surface area (Å²) in [5.74, 6) is 2.04. The van der Waals surface area contributed by atoms with Crippen LogP contribution in [0.5, 0.6) is 0 Å². The van der Waals surface area contributed by atoms with Gasteiger partial charge in [0.25, 0.3) is 0 Å². The lowest BCUT2D eigenvalue weighted by molar-refractivity contribution is -0.133. The first kappa shape index (κ1) is 13.3. The van der Waals surface area contributed by atoms with Crippen molar-refractivity contribution in [3.63, 3.8) is 0 Å². The van der Waals surface area contributed by atoms with Crippen LogP contribution in [0, 0.1) is 0 Å². The zero-order chi connectivity index (χ0) is 14.4. The number of nitrogens with one attached hydrogen (secondary N) is 1. The van der Waals surface area contributed by atoms with E-state index in [1.54, 1.807) is 0 Å². The molecule has 1 atom stereocenters. The van der Waals surface area contributed by atoms with Crippen molar-refractivity contribution in [1.82, 2.24) is 19.8 Å². The van der Waals surface area contributed by atoms with E-state index in [0.717, 1.165) is 45.4 Å². The van der Waals surface area contributed by atoms with Crippen LogP contribution in [-0.2, 0) is 17.8 Å². The molecule has 1 aliphatic carbocycles. The topological polar surface area (TPSA) is 50.2 Å². The van der Waals surface area contributed by atoms with Gasteiger partial charge in [-0.3, -0.25) is 4.79 Å². The Morgan fingerprint density at radius 3 is 2.81 bits per heavy atom. The number of fused-ring (bicyclic) bond motifs is 1. The number of likely N-dealkylation sites (tertiary alicyclic amines) is 1. The van der Waals surface area contributed by atoms with Crippen molar-refractivity contribution in [3.05, 3.63) is 17.2 Å². The van der Waals surface area contributed by atoms with Crippen LogP contribution >= 0.6 is 0 Å². The minimum atomic E-state index is -0.0898. The van der Waals surface area contributed by atoms with Crippen molar-refractivity contribution >= 4 is 5.91 Å². The third-order valence-electron chi connectivity index (χ3n) is 5.06. The molecule has 1 aromatic rings. The monoisotopic (exact) mass is 288 g/mol. The van der Waals surface area contributed by atoms with Gasteiger partial charge in [-0.2, -0.15) is 0 Å². The first-order valence-corrected chi connectivity index (χ1v) is 8.35. The maximum atomic E-state index is 12.8. The van der Waals surface area contributed by atoms with Crippen LogP contribution in [0.2, 0.25) is 0 Å². The molecule has 2 fully saturated rings. The molecule has 4 rings (SSSR count). The van der Waals surface area contributed by atoms with Crippen LogP contribution in [0.4, 0.5) is 0 Å². The normalized spacial score (nSPS) is 23.2. The van der Waals surface area contributed by atoms with E-state index in [2.05, 4.69) is 16.8 Å². The zero-order valence-corrected chi connectivity index (χ0v) is 12.8. The van der Waals surface area contributed by atoms with Gasteiger partial charge in [0.2, 0.25) is 5.91 Å². The summed E-state index contributed by atoms with van der Waals surface area (Å²) < 4.78 is 2.29. The molecule has 0 spiro atoms. The van der Waals surface area contributed by atoms with E-state index in [1.165, 1.54) is 30.1 Å². The summed E-state index contributed by atoms with van der Waals surface area (Å²) >= 11 is 0. The predicted molar refractivity (Wildman–Crippen MR) is 80.1 cm³/mol. The van der Waals surface area contributed by atoms with Gasteiger partial charge in [-0.15, -0.1) is 0 Å². The third-order valence-corrected chi connectivity index (χ3v) is 5.06. The Morgan fingerprint density at radius 2 is 2.10 bits per heavy atom. The molecule has 3 aliphatic rings. The third kappa shape index (κ3) is 2.27. The minimum Gasteiger partial charge on any atom is -0.341 e. The number of carbonyl (C=O) groups excluding carboxylic acids is 1. The lowest BCUT2D eigenvalue weighted by atomic mass is 10.1. The summed E-state index contributed by atoms with van der Waals surface area (Å²) in [7, 11) is 0. The van der Waals surface area contributed by atoms with Crippen molar-refractivity contribution in [2.45, 2.75) is 57.5 Å². The molecule has 1 unspecified atom stereocenters. The second-order valence-electron chi connectivity index (χ2n) is 6.64. The fourth-order valence-electron chi connectivity index (χ4n) is 3.73. The van der Waals surface area contributed by atoms with Crippen LogP contribution in [0.3, 0.4) is 0 Å². The number of hydrogen-bond acceptors (Lipinski definition) is 3. The highest BCUT2D eigenvalue weighted by atomic mass is 16.2. The van der Waals surface area contributed by atoms with Gasteiger partial charge in [0.15, 0.2) is 0 Å². The van der Waals surface area contributed by atoms with Crippen molar-refractivity contribution in [2.24, 2.45) is 0 Å². The number of amides is 1. The van der Waals surface area contributed by atoms with Gasteiger partial charge in [-0.25, -0.2) is 4.98 Å². The maximum absolute atomic E-state index is 12.8. The first-order chi connectivity index (χ1) is 10.3. The highest BCUT2D eigenvalue weighted by Gasteiger charge is 2.36. The Kier molecular flexibility index (Phi) is 3.25. The smallest absolute Gasteiger partial charge is 0.245 e. The Hall–Kier alpha value is -1.36. The van der Waals surface area contributed by atoms with Crippen LogP contribution in [0.1, 0.15) is 61.8 Å². The molecule has 1 N–H and O–H groups in total. The van der Waals surface area contributed by atoms with Gasteiger partial charge >= 0.3 is 0 Å². The van der Waals surface area contributed by atoms with Crippen molar-refractivity contribution in [2.75, 3.05) is 19.6 Å². The van der Waals surface area contributed by atoms with E-state index in [0.29, 0.717) is 5.92 Å². The minimum absolute atomic E-state index is 0.0898. The number of nitrogens with zero attached hydrogens (tertiary/aromatic N) is 3. The Morgan fingerprint density at radius 1 is 1.33 bits per heavy atom. The van der Waals surface area contributed by atoms with Crippen LogP contribution < -0.4 is 5.32 Å². The van der Waals surface area contributed by atoms with Crippen LogP contribution in [0.25, 0.3) is 0 Å². The molecule has 5 heteroatoms. The Labute approximate surface area is 125 Å². The van der Waals surface area contributed by atoms with Gasteiger partial charge in [0.1, 0.15) is 11.9 Å². The summed E-state index contributed by atoms with van der Waals surface area (Å²) in [6, 6.07) is -0.0898. The van der Waals surface area contributed by atoms with Gasteiger partial charge < -0.3 is 14.8 Å². The van der Waals surface area contributed by atoms with E-state index < -0.39 is 0 Å². The molecule has 1 aromatic heterocycles. The van der Waals surface area contributed by atoms with Gasteiger partial charge in [0.05, 0.1) is 5.69 Å². The largest absolute Gasteiger partial charge is 0.341 e. The van der Waals surface area contributed by atoms with Crippen LogP contribution in [0.15, 0.2) is 0 Å². The number of rotatable bonds is 3. The molecule has 0 aromatic carbocycles. The molecule has 21 heavy (non-hydrogen) atoms. The van der Waals surface area contributed by atoms with Crippen LogP contribution in [-0.4, -0.2) is 40.0 Å². The fourth-order valence-corrected chi connectivity index (χ4v) is 3.73. The molecule has 5 nitrogen and oxygen atoms in total. The lowest BCUT2D eigenvalue weighted by Crippen LogP contribution is -2.36. The van der Waals surface area contributed by atoms with Gasteiger partial charge in [0, 0.05) is 44.2 Å². The molecule has 2 aliphatic heterocycles. The fraction of sp³-hybridized carbons (Fsp3) is 0.750. The molecule has 0 bridgehead atoms. The summed E-state index contributed by atoms with van der Waals surface area (Å²) in [6.07, 6.45) is 5.76. The average molecular weight is 288 g/mol. The van der Waals surface area contributed by atoms with E-state index in [-0.39, 0.29) is 11.9 Å². The summed E-state index contributed by atoms with van der Waals surface area (Å²) in [5.41, 5.74) is 2.47. The molecular weight excluding hydrogens is 264 g/mol. The number of imidazole rings is 1. The first-order valence-electron chi connectivity index (χ1n) is 8.35. The molecule has 1 saturated carbocycles. The van der Waals surface area contributed by atoms with E-state index >= 15 is 0 Å². The van der Waals surface area contributed by atoms with E-state index in [4.69, 9.17) is 4.98 Å². The SMILES string of the molecule is CC(C(=O)N1CCCC1)n1c(C2CC2)nc2c1CCNC2. The highest BCUT2D eigenvalue weighted by Crippen LogP contribution is 2.42. The molecule has 1 amide bonds. The maximum Gasteiger partial charge on any atom is 0.245 e. The van der Waals surface area contributed by atoms with E-state index in [9.17, 15) is 4.79 Å². The predicted octanol–water partition coefficient (Wildman–Crippen LogP) is 1.59. The molecule has 114 valence electrons. The Balaban J connectivity index is 1.68. The molecule has 0 radical (unpaired) electrons. The Bertz CT molecular complexity index is 555. The molecular formula is C16H24N4O. The van der Waals surface area contributed by atoms with E-state index in [1.807, 2.05) is 4.90 Å². The van der Waals surface area contributed by atoms with Crippen molar-refractivity contribution in [1.29, 1.82) is 0 Å². The summed E-state index contributed by atoms with van der Waals surface area (Å²) in [6.45, 7) is 5.78. The standard InChI is InChI=1S/C16H24N4O/c1-11(16(21)19-8-2-3-9-19)20-14-6-7-17-10-13(14)18-15(20)12-4-5-12/h11-12,17H,2-10H2,1H3. The highest BCUT2D eigenvalue weighted by molar-refractivity contribution is 5.80. The second-order valence-corrected chi connectivity index (χ2v) is 6.64. The molecule has 3 heterocycles.